The van der Waals surface area contributed by atoms with Gasteiger partial charge < -0.3 is 5.73 Å². The molecule has 1 aromatic carbocycles. The predicted molar refractivity (Wildman–Crippen MR) is 75.3 cm³/mol. The Bertz CT molecular complexity index is 499. The molecule has 0 radical (unpaired) electrons. The van der Waals surface area contributed by atoms with E-state index in [2.05, 4.69) is 0 Å². The van der Waals surface area contributed by atoms with Gasteiger partial charge in [0.05, 0.1) is 4.92 Å². The largest absolute Gasteiger partial charge is 0.323 e. The normalized spacial score (nSPS) is 11.6. The molecule has 0 amide bonds. The highest BCUT2D eigenvalue weighted by atomic mass is 35.5. The molecule has 1 aromatic heterocycles. The molecule has 1 heterocycles. The Labute approximate surface area is 115 Å². The van der Waals surface area contributed by atoms with E-state index in [1.54, 1.807) is 23.5 Å². The lowest BCUT2D eigenvalue weighted by Gasteiger charge is -2.09. The maximum atomic E-state index is 10.5. The highest BCUT2D eigenvalue weighted by Crippen LogP contribution is 2.21. The summed E-state index contributed by atoms with van der Waals surface area (Å²) in [7, 11) is 0. The van der Waals surface area contributed by atoms with Gasteiger partial charge in [-0.05, 0) is 23.4 Å². The topological polar surface area (TPSA) is 69.2 Å². The van der Waals surface area contributed by atoms with Gasteiger partial charge in [-0.2, -0.15) is 0 Å². The number of nitrogens with two attached hydrogens (primary N) is 1. The van der Waals surface area contributed by atoms with Crippen molar-refractivity contribution >= 4 is 29.4 Å². The van der Waals surface area contributed by atoms with Crippen molar-refractivity contribution in [2.75, 3.05) is 0 Å². The molecule has 2 rings (SSSR count). The van der Waals surface area contributed by atoms with E-state index in [1.807, 2.05) is 17.5 Å². The van der Waals surface area contributed by atoms with E-state index in [0.29, 0.717) is 6.42 Å². The van der Waals surface area contributed by atoms with Crippen molar-refractivity contribution in [3.63, 3.8) is 0 Å². The van der Waals surface area contributed by atoms with Crippen molar-refractivity contribution < 1.29 is 4.92 Å². The Hall–Kier alpha value is -1.43. The van der Waals surface area contributed by atoms with Crippen LogP contribution in [0.15, 0.2) is 41.8 Å². The lowest BCUT2D eigenvalue weighted by atomic mass is 10.1. The van der Waals surface area contributed by atoms with E-state index in [-0.39, 0.29) is 24.1 Å². The average Bonchev–Trinajstić information content (AvgIpc) is 2.83. The molecule has 0 fully saturated rings. The fourth-order valence-corrected chi connectivity index (χ4v) is 2.34. The molecule has 0 aliphatic rings. The van der Waals surface area contributed by atoms with Crippen molar-refractivity contribution in [2.24, 2.45) is 5.73 Å². The van der Waals surface area contributed by atoms with Crippen LogP contribution in [0.25, 0.3) is 0 Å². The molecule has 1 unspecified atom stereocenters. The summed E-state index contributed by atoms with van der Waals surface area (Å²) in [5.41, 5.74) is 7.17. The van der Waals surface area contributed by atoms with E-state index >= 15 is 0 Å². The minimum Gasteiger partial charge on any atom is -0.323 e. The predicted octanol–water partition coefficient (Wildman–Crippen LogP) is 3.32. The molecule has 0 aliphatic heterocycles. The molecule has 0 spiro atoms. The smallest absolute Gasteiger partial charge is 0.269 e. The first kappa shape index (κ1) is 14.6. The van der Waals surface area contributed by atoms with Gasteiger partial charge in [0.25, 0.3) is 5.69 Å². The third-order valence-corrected chi connectivity index (χ3v) is 3.52. The van der Waals surface area contributed by atoms with E-state index in [4.69, 9.17) is 5.73 Å². The Morgan fingerprint density at radius 1 is 1.28 bits per heavy atom. The number of thiophene rings is 1. The fraction of sp³-hybridized carbons (Fsp3) is 0.167. The van der Waals surface area contributed by atoms with Crippen LogP contribution in [0.3, 0.4) is 0 Å². The third kappa shape index (κ3) is 3.53. The zero-order valence-corrected chi connectivity index (χ0v) is 11.1. The van der Waals surface area contributed by atoms with E-state index in [1.165, 1.54) is 12.1 Å². The van der Waals surface area contributed by atoms with Gasteiger partial charge in [-0.3, -0.25) is 10.1 Å². The Morgan fingerprint density at radius 3 is 2.44 bits per heavy atom. The number of rotatable bonds is 4. The lowest BCUT2D eigenvalue weighted by molar-refractivity contribution is -0.384. The van der Waals surface area contributed by atoms with Crippen molar-refractivity contribution in [3.05, 3.63) is 62.3 Å². The van der Waals surface area contributed by atoms with Crippen molar-refractivity contribution in [2.45, 2.75) is 12.5 Å². The summed E-state index contributed by atoms with van der Waals surface area (Å²) >= 11 is 1.63. The SMILES string of the molecule is Cl.NC(Cc1ccc([N+](=O)[O-])cc1)c1cccs1. The Balaban J connectivity index is 0.00000162. The molecule has 96 valence electrons. The van der Waals surface area contributed by atoms with E-state index in [0.717, 1.165) is 10.4 Å². The monoisotopic (exact) mass is 284 g/mol. The van der Waals surface area contributed by atoms with Gasteiger partial charge in [-0.25, -0.2) is 0 Å². The molecule has 18 heavy (non-hydrogen) atoms. The molecule has 0 saturated carbocycles. The van der Waals surface area contributed by atoms with Crippen LogP contribution in [0.1, 0.15) is 16.5 Å². The summed E-state index contributed by atoms with van der Waals surface area (Å²) < 4.78 is 0. The van der Waals surface area contributed by atoms with Gasteiger partial charge in [-0.15, -0.1) is 23.7 Å². The summed E-state index contributed by atoms with van der Waals surface area (Å²) in [6.45, 7) is 0. The van der Waals surface area contributed by atoms with Crippen LogP contribution in [0.4, 0.5) is 5.69 Å². The van der Waals surface area contributed by atoms with Crippen molar-refractivity contribution in [3.8, 4) is 0 Å². The second-order valence-corrected chi connectivity index (χ2v) is 4.73. The molecule has 0 bridgehead atoms. The molecule has 0 saturated heterocycles. The number of hydrogen-bond acceptors (Lipinski definition) is 4. The van der Waals surface area contributed by atoms with Gasteiger partial charge >= 0.3 is 0 Å². The lowest BCUT2D eigenvalue weighted by Crippen LogP contribution is -2.11. The van der Waals surface area contributed by atoms with Gasteiger partial charge in [0.15, 0.2) is 0 Å². The first-order valence-corrected chi connectivity index (χ1v) is 6.07. The van der Waals surface area contributed by atoms with E-state index < -0.39 is 4.92 Å². The molecule has 2 aromatic rings. The minimum absolute atomic E-state index is 0. The van der Waals surface area contributed by atoms with Gasteiger partial charge in [-0.1, -0.05) is 18.2 Å². The number of hydrogen-bond donors (Lipinski definition) is 1. The van der Waals surface area contributed by atoms with Crippen LogP contribution >= 0.6 is 23.7 Å². The van der Waals surface area contributed by atoms with Crippen LogP contribution in [0.2, 0.25) is 0 Å². The summed E-state index contributed by atoms with van der Waals surface area (Å²) in [4.78, 5) is 11.2. The summed E-state index contributed by atoms with van der Waals surface area (Å²) in [5.74, 6) is 0. The molecule has 2 N–H and O–H groups in total. The third-order valence-electron chi connectivity index (χ3n) is 2.51. The number of nitro benzene ring substituents is 1. The van der Waals surface area contributed by atoms with Crippen LogP contribution in [-0.2, 0) is 6.42 Å². The standard InChI is InChI=1S/C12H12N2O2S.ClH/c13-11(12-2-1-7-17-12)8-9-3-5-10(6-4-9)14(15)16;/h1-7,11H,8,13H2;1H. The van der Waals surface area contributed by atoms with Crippen LogP contribution in [0, 0.1) is 10.1 Å². The van der Waals surface area contributed by atoms with Gasteiger partial charge in [0, 0.05) is 23.1 Å². The number of non-ortho nitro benzene ring substituents is 1. The van der Waals surface area contributed by atoms with Crippen LogP contribution in [0.5, 0.6) is 0 Å². The maximum absolute atomic E-state index is 10.5. The van der Waals surface area contributed by atoms with Gasteiger partial charge in [0.1, 0.15) is 0 Å². The number of nitro groups is 1. The summed E-state index contributed by atoms with van der Waals surface area (Å²) in [6.07, 6.45) is 0.693. The minimum atomic E-state index is -0.400. The molecule has 0 aliphatic carbocycles. The van der Waals surface area contributed by atoms with Crippen molar-refractivity contribution in [1.29, 1.82) is 0 Å². The van der Waals surface area contributed by atoms with E-state index in [9.17, 15) is 10.1 Å². The molecule has 4 nitrogen and oxygen atoms in total. The molecule has 6 heteroatoms. The molecular formula is C12H13ClN2O2S. The second-order valence-electron chi connectivity index (χ2n) is 3.75. The highest BCUT2D eigenvalue weighted by Gasteiger charge is 2.09. The van der Waals surface area contributed by atoms with Crippen LogP contribution in [-0.4, -0.2) is 4.92 Å². The zero-order valence-electron chi connectivity index (χ0n) is 9.48. The maximum Gasteiger partial charge on any atom is 0.269 e. The second kappa shape index (κ2) is 6.49. The molecule has 1 atom stereocenters. The highest BCUT2D eigenvalue weighted by molar-refractivity contribution is 7.10. The number of halogens is 1. The first-order valence-electron chi connectivity index (χ1n) is 5.19. The van der Waals surface area contributed by atoms with Crippen molar-refractivity contribution in [1.82, 2.24) is 0 Å². The summed E-state index contributed by atoms with van der Waals surface area (Å²) in [5, 5.41) is 12.5. The average molecular weight is 285 g/mol. The zero-order chi connectivity index (χ0) is 12.3. The quantitative estimate of drug-likeness (QED) is 0.691. The van der Waals surface area contributed by atoms with Gasteiger partial charge in [0.2, 0.25) is 0 Å². The summed E-state index contributed by atoms with van der Waals surface area (Å²) in [6, 6.07) is 10.5. The number of benzene rings is 1. The first-order chi connectivity index (χ1) is 8.16. The number of nitrogens with zero attached hydrogens (tertiary/aromatic N) is 1. The Kier molecular flexibility index (Phi) is 5.27. The molecular weight excluding hydrogens is 272 g/mol. The van der Waals surface area contributed by atoms with Crippen LogP contribution < -0.4 is 5.73 Å². The fourth-order valence-electron chi connectivity index (χ4n) is 1.61. The Morgan fingerprint density at radius 2 is 1.94 bits per heavy atom.